The van der Waals surface area contributed by atoms with Gasteiger partial charge < -0.3 is 10.6 Å². The van der Waals surface area contributed by atoms with Crippen molar-refractivity contribution in [1.29, 1.82) is 0 Å². The summed E-state index contributed by atoms with van der Waals surface area (Å²) < 4.78 is 24.7. The van der Waals surface area contributed by atoms with Crippen molar-refractivity contribution in [1.82, 2.24) is 4.90 Å². The van der Waals surface area contributed by atoms with Crippen LogP contribution >= 0.6 is 24.0 Å². The Morgan fingerprint density at radius 3 is 2.18 bits per heavy atom. The van der Waals surface area contributed by atoms with Crippen LogP contribution < -0.4 is 5.73 Å². The Balaban J connectivity index is 0.00000441. The summed E-state index contributed by atoms with van der Waals surface area (Å²) in [6.07, 6.45) is 0.633. The van der Waals surface area contributed by atoms with Crippen LogP contribution in [0.3, 0.4) is 0 Å². The first-order chi connectivity index (χ1) is 9.94. The first kappa shape index (κ1) is 21.2. The van der Waals surface area contributed by atoms with E-state index in [9.17, 15) is 8.42 Å². The minimum atomic E-state index is -3.34. The van der Waals surface area contributed by atoms with Crippen molar-refractivity contribution >= 4 is 39.8 Å². The Kier molecular flexibility index (Phi) is 9.66. The van der Waals surface area contributed by atoms with Gasteiger partial charge in [-0.2, -0.15) is 0 Å². The summed E-state index contributed by atoms with van der Waals surface area (Å²) in [4.78, 5) is 6.64. The molecule has 0 saturated heterocycles. The van der Waals surface area contributed by atoms with Crippen LogP contribution in [0.1, 0.15) is 27.2 Å². The molecule has 7 heteroatoms. The fourth-order valence-corrected chi connectivity index (χ4v) is 3.62. The predicted octanol–water partition coefficient (Wildman–Crippen LogP) is 2.51. The smallest absolute Gasteiger partial charge is 0.191 e. The standard InChI is InChI=1S/C15H25N3O2S.HI/c1-4-13(17-15(16)18(5-2)6-3)12-21(19,20)14-10-8-7-9-11-14;/h7-11,13H,4-6,12H2,1-3H3,(H2,16,17);1H. The van der Waals surface area contributed by atoms with E-state index in [0.29, 0.717) is 17.3 Å². The zero-order chi connectivity index (χ0) is 15.9. The highest BCUT2D eigenvalue weighted by molar-refractivity contribution is 14.0. The summed E-state index contributed by atoms with van der Waals surface area (Å²) in [5.41, 5.74) is 5.95. The van der Waals surface area contributed by atoms with Gasteiger partial charge >= 0.3 is 0 Å². The highest BCUT2D eigenvalue weighted by Crippen LogP contribution is 2.14. The van der Waals surface area contributed by atoms with Crippen LogP contribution in [0.5, 0.6) is 0 Å². The maximum absolute atomic E-state index is 12.4. The van der Waals surface area contributed by atoms with Crippen molar-refractivity contribution in [2.24, 2.45) is 10.7 Å². The summed E-state index contributed by atoms with van der Waals surface area (Å²) in [7, 11) is -3.34. The molecule has 5 nitrogen and oxygen atoms in total. The Bertz CT molecular complexity index is 557. The van der Waals surface area contributed by atoms with Gasteiger partial charge in [0.2, 0.25) is 0 Å². The molecule has 2 N–H and O–H groups in total. The fraction of sp³-hybridized carbons (Fsp3) is 0.533. The van der Waals surface area contributed by atoms with Crippen LogP contribution in [-0.4, -0.2) is 44.2 Å². The molecule has 0 radical (unpaired) electrons. The largest absolute Gasteiger partial charge is 0.370 e. The highest BCUT2D eigenvalue weighted by Gasteiger charge is 2.20. The van der Waals surface area contributed by atoms with Crippen molar-refractivity contribution < 1.29 is 8.42 Å². The van der Waals surface area contributed by atoms with Gasteiger partial charge in [-0.25, -0.2) is 13.4 Å². The third-order valence-electron chi connectivity index (χ3n) is 3.39. The Labute approximate surface area is 150 Å². The number of nitrogens with zero attached hydrogens (tertiary/aromatic N) is 2. The van der Waals surface area contributed by atoms with Gasteiger partial charge in [-0.15, -0.1) is 24.0 Å². The molecule has 1 unspecified atom stereocenters. The molecule has 0 aromatic heterocycles. The van der Waals surface area contributed by atoms with Crippen molar-refractivity contribution in [2.75, 3.05) is 18.8 Å². The average Bonchev–Trinajstić information content (AvgIpc) is 2.48. The molecular weight excluding hydrogens is 413 g/mol. The van der Waals surface area contributed by atoms with Crippen LogP contribution in [0.4, 0.5) is 0 Å². The second kappa shape index (κ2) is 10.0. The summed E-state index contributed by atoms with van der Waals surface area (Å²) >= 11 is 0. The van der Waals surface area contributed by atoms with E-state index >= 15 is 0 Å². The van der Waals surface area contributed by atoms with E-state index in [1.165, 1.54) is 0 Å². The van der Waals surface area contributed by atoms with Gasteiger partial charge in [0.05, 0.1) is 16.7 Å². The Hall–Kier alpha value is -0.830. The molecule has 1 aromatic carbocycles. The molecular formula is C15H26IN3O2S. The first-order valence-electron chi connectivity index (χ1n) is 7.30. The van der Waals surface area contributed by atoms with Gasteiger partial charge in [-0.05, 0) is 32.4 Å². The number of hydrogen-bond acceptors (Lipinski definition) is 3. The van der Waals surface area contributed by atoms with Crippen molar-refractivity contribution in [3.63, 3.8) is 0 Å². The van der Waals surface area contributed by atoms with E-state index in [-0.39, 0.29) is 35.8 Å². The summed E-state index contributed by atoms with van der Waals surface area (Å²) in [6.45, 7) is 7.42. The molecule has 0 fully saturated rings. The highest BCUT2D eigenvalue weighted by atomic mass is 127. The molecule has 0 saturated carbocycles. The number of halogens is 1. The van der Waals surface area contributed by atoms with Crippen LogP contribution in [0, 0.1) is 0 Å². The third-order valence-corrected chi connectivity index (χ3v) is 5.20. The van der Waals surface area contributed by atoms with E-state index in [1.807, 2.05) is 25.7 Å². The summed E-state index contributed by atoms with van der Waals surface area (Å²) in [5, 5.41) is 0. The normalized spacial score (nSPS) is 13.3. The molecule has 0 amide bonds. The van der Waals surface area contributed by atoms with Crippen LogP contribution in [0.25, 0.3) is 0 Å². The van der Waals surface area contributed by atoms with Crippen LogP contribution in [0.15, 0.2) is 40.2 Å². The maximum Gasteiger partial charge on any atom is 0.191 e. The topological polar surface area (TPSA) is 75.8 Å². The molecule has 0 aliphatic heterocycles. The van der Waals surface area contributed by atoms with Gasteiger partial charge in [0, 0.05) is 13.1 Å². The van der Waals surface area contributed by atoms with Gasteiger partial charge in [-0.1, -0.05) is 25.1 Å². The average molecular weight is 439 g/mol. The molecule has 0 heterocycles. The quantitative estimate of drug-likeness (QED) is 0.403. The zero-order valence-corrected chi connectivity index (χ0v) is 16.5. The lowest BCUT2D eigenvalue weighted by Gasteiger charge is -2.21. The lowest BCUT2D eigenvalue weighted by Crippen LogP contribution is -2.38. The maximum atomic E-state index is 12.4. The zero-order valence-electron chi connectivity index (χ0n) is 13.4. The monoisotopic (exact) mass is 439 g/mol. The Morgan fingerprint density at radius 1 is 1.18 bits per heavy atom. The number of benzene rings is 1. The van der Waals surface area contributed by atoms with Gasteiger partial charge in [0.25, 0.3) is 0 Å². The van der Waals surface area contributed by atoms with Gasteiger partial charge in [0.15, 0.2) is 15.8 Å². The van der Waals surface area contributed by atoms with Crippen molar-refractivity contribution in [3.8, 4) is 0 Å². The first-order valence-corrected chi connectivity index (χ1v) is 8.95. The third kappa shape index (κ3) is 6.12. The number of guanidine groups is 1. The lowest BCUT2D eigenvalue weighted by atomic mass is 10.3. The molecule has 0 aliphatic rings. The van der Waals surface area contributed by atoms with E-state index in [4.69, 9.17) is 5.73 Å². The predicted molar refractivity (Wildman–Crippen MR) is 103 cm³/mol. The minimum Gasteiger partial charge on any atom is -0.370 e. The lowest BCUT2D eigenvalue weighted by molar-refractivity contribution is 0.454. The van der Waals surface area contributed by atoms with E-state index in [2.05, 4.69) is 4.99 Å². The molecule has 0 bridgehead atoms. The van der Waals surface area contributed by atoms with Gasteiger partial charge in [0.1, 0.15) is 0 Å². The minimum absolute atomic E-state index is 0. The molecule has 1 rings (SSSR count). The van der Waals surface area contributed by atoms with Crippen molar-refractivity contribution in [2.45, 2.75) is 38.1 Å². The number of hydrogen-bond donors (Lipinski definition) is 1. The number of rotatable bonds is 7. The molecule has 1 atom stereocenters. The van der Waals surface area contributed by atoms with Gasteiger partial charge in [-0.3, -0.25) is 0 Å². The number of aliphatic imine (C=N–C) groups is 1. The van der Waals surface area contributed by atoms with E-state index in [1.54, 1.807) is 30.3 Å². The molecule has 1 aromatic rings. The summed E-state index contributed by atoms with van der Waals surface area (Å²) in [5.74, 6) is 0.394. The van der Waals surface area contributed by atoms with Crippen LogP contribution in [0.2, 0.25) is 0 Å². The van der Waals surface area contributed by atoms with E-state index < -0.39 is 9.84 Å². The summed E-state index contributed by atoms with van der Waals surface area (Å²) in [6, 6.07) is 8.14. The second-order valence-electron chi connectivity index (χ2n) is 4.82. The van der Waals surface area contributed by atoms with E-state index in [0.717, 1.165) is 13.1 Å². The Morgan fingerprint density at radius 2 is 1.73 bits per heavy atom. The van der Waals surface area contributed by atoms with Crippen LogP contribution in [-0.2, 0) is 9.84 Å². The SMILES string of the molecule is CCC(CS(=O)(=O)c1ccccc1)N=C(N)N(CC)CC.I. The number of nitrogens with two attached hydrogens (primary N) is 1. The molecule has 126 valence electrons. The van der Waals surface area contributed by atoms with Crippen molar-refractivity contribution in [3.05, 3.63) is 30.3 Å². The number of sulfone groups is 1. The molecule has 22 heavy (non-hydrogen) atoms. The molecule has 0 spiro atoms. The second-order valence-corrected chi connectivity index (χ2v) is 6.85. The molecule has 0 aliphatic carbocycles. The fourth-order valence-electron chi connectivity index (χ4n) is 2.04.